The van der Waals surface area contributed by atoms with Crippen LogP contribution in [0.4, 0.5) is 16.3 Å². The first-order valence-corrected chi connectivity index (χ1v) is 7.02. The van der Waals surface area contributed by atoms with Crippen LogP contribution in [-0.2, 0) is 6.54 Å². The lowest BCUT2D eigenvalue weighted by atomic mass is 10.4. The third kappa shape index (κ3) is 3.92. The molecule has 0 bridgehead atoms. The SMILES string of the molecule is Cc1nc(CNC(=O)Nc2ccc(N(C)C)nc2)cs1. The van der Waals surface area contributed by atoms with Gasteiger partial charge >= 0.3 is 6.03 Å². The Balaban J connectivity index is 1.84. The fourth-order valence-corrected chi connectivity index (χ4v) is 2.17. The first-order valence-electron chi connectivity index (χ1n) is 6.14. The Hall–Kier alpha value is -2.15. The van der Waals surface area contributed by atoms with E-state index in [-0.39, 0.29) is 6.03 Å². The van der Waals surface area contributed by atoms with Gasteiger partial charge in [-0.2, -0.15) is 0 Å². The fraction of sp³-hybridized carbons (Fsp3) is 0.308. The third-order valence-electron chi connectivity index (χ3n) is 2.56. The van der Waals surface area contributed by atoms with Crippen molar-refractivity contribution < 1.29 is 4.79 Å². The summed E-state index contributed by atoms with van der Waals surface area (Å²) in [6.45, 7) is 2.35. The van der Waals surface area contributed by atoms with E-state index in [4.69, 9.17) is 0 Å². The molecule has 20 heavy (non-hydrogen) atoms. The van der Waals surface area contributed by atoms with Gasteiger partial charge in [0.15, 0.2) is 0 Å². The van der Waals surface area contributed by atoms with Gasteiger partial charge in [-0.25, -0.2) is 14.8 Å². The topological polar surface area (TPSA) is 70.2 Å². The number of thiazole rings is 1. The summed E-state index contributed by atoms with van der Waals surface area (Å²) in [5, 5.41) is 8.41. The van der Waals surface area contributed by atoms with E-state index in [0.29, 0.717) is 12.2 Å². The molecule has 2 N–H and O–H groups in total. The zero-order valence-corrected chi connectivity index (χ0v) is 12.5. The number of urea groups is 1. The van der Waals surface area contributed by atoms with E-state index in [9.17, 15) is 4.79 Å². The van der Waals surface area contributed by atoms with Gasteiger partial charge in [0.1, 0.15) is 5.82 Å². The molecule has 0 radical (unpaired) electrons. The first kappa shape index (κ1) is 14.3. The minimum absolute atomic E-state index is 0.268. The van der Waals surface area contributed by atoms with Crippen LogP contribution in [0, 0.1) is 6.92 Å². The molecule has 2 rings (SSSR count). The number of hydrogen-bond acceptors (Lipinski definition) is 5. The summed E-state index contributed by atoms with van der Waals surface area (Å²) < 4.78 is 0. The Morgan fingerprint density at radius 3 is 2.75 bits per heavy atom. The second-order valence-corrected chi connectivity index (χ2v) is 5.53. The molecule has 2 amide bonds. The molecule has 0 saturated carbocycles. The van der Waals surface area contributed by atoms with Crippen molar-refractivity contribution in [1.82, 2.24) is 15.3 Å². The summed E-state index contributed by atoms with van der Waals surface area (Å²) in [5.74, 6) is 0.842. The molecule has 0 aliphatic rings. The van der Waals surface area contributed by atoms with Crippen molar-refractivity contribution in [3.8, 4) is 0 Å². The maximum Gasteiger partial charge on any atom is 0.319 e. The average molecular weight is 291 g/mol. The van der Waals surface area contributed by atoms with Crippen molar-refractivity contribution >= 4 is 28.9 Å². The van der Waals surface area contributed by atoms with Crippen LogP contribution in [0.5, 0.6) is 0 Å². The molecular weight excluding hydrogens is 274 g/mol. The van der Waals surface area contributed by atoms with Crippen molar-refractivity contribution in [3.05, 3.63) is 34.4 Å². The molecule has 2 aromatic rings. The normalized spacial score (nSPS) is 10.2. The van der Waals surface area contributed by atoms with Gasteiger partial charge in [0, 0.05) is 19.5 Å². The number of anilines is 2. The summed E-state index contributed by atoms with van der Waals surface area (Å²) >= 11 is 1.57. The fourth-order valence-electron chi connectivity index (χ4n) is 1.56. The molecule has 0 spiro atoms. The molecule has 106 valence electrons. The van der Waals surface area contributed by atoms with Gasteiger partial charge in [0.25, 0.3) is 0 Å². The lowest BCUT2D eigenvalue weighted by Gasteiger charge is -2.11. The summed E-state index contributed by atoms with van der Waals surface area (Å²) in [7, 11) is 3.83. The number of aromatic nitrogens is 2. The predicted octanol–water partition coefficient (Wildman–Crippen LogP) is 2.23. The van der Waals surface area contributed by atoms with Gasteiger partial charge in [-0.15, -0.1) is 11.3 Å². The number of hydrogen-bond donors (Lipinski definition) is 2. The summed E-state index contributed by atoms with van der Waals surface area (Å²) in [5.41, 5.74) is 1.52. The Morgan fingerprint density at radius 2 is 2.20 bits per heavy atom. The Bertz CT molecular complexity index is 579. The minimum Gasteiger partial charge on any atom is -0.363 e. The Morgan fingerprint density at radius 1 is 1.40 bits per heavy atom. The van der Waals surface area contributed by atoms with E-state index >= 15 is 0 Å². The maximum absolute atomic E-state index is 11.7. The maximum atomic E-state index is 11.7. The highest BCUT2D eigenvalue weighted by atomic mass is 32.1. The highest BCUT2D eigenvalue weighted by molar-refractivity contribution is 7.09. The molecule has 2 heterocycles. The molecule has 2 aromatic heterocycles. The molecular formula is C13H17N5OS. The quantitative estimate of drug-likeness (QED) is 0.906. The van der Waals surface area contributed by atoms with Crippen LogP contribution in [0.25, 0.3) is 0 Å². The highest BCUT2D eigenvalue weighted by Gasteiger charge is 2.04. The van der Waals surface area contributed by atoms with E-state index in [1.165, 1.54) is 0 Å². The van der Waals surface area contributed by atoms with Crippen LogP contribution in [0.1, 0.15) is 10.7 Å². The molecule has 7 heteroatoms. The number of carbonyl (C=O) groups excluding carboxylic acids is 1. The lowest BCUT2D eigenvalue weighted by molar-refractivity contribution is 0.251. The summed E-state index contributed by atoms with van der Waals surface area (Å²) in [6, 6.07) is 3.39. The Kier molecular flexibility index (Phi) is 4.52. The van der Waals surface area contributed by atoms with Crippen molar-refractivity contribution in [3.63, 3.8) is 0 Å². The van der Waals surface area contributed by atoms with Crippen LogP contribution in [0.15, 0.2) is 23.7 Å². The van der Waals surface area contributed by atoms with Gasteiger partial charge in [-0.3, -0.25) is 0 Å². The number of aryl methyl sites for hydroxylation is 1. The number of pyridine rings is 1. The molecule has 0 unspecified atom stereocenters. The van der Waals surface area contributed by atoms with E-state index in [0.717, 1.165) is 16.5 Å². The second kappa shape index (κ2) is 6.33. The summed E-state index contributed by atoms with van der Waals surface area (Å²) in [6.07, 6.45) is 1.63. The molecule has 0 saturated heterocycles. The van der Waals surface area contributed by atoms with E-state index in [1.807, 2.05) is 43.4 Å². The predicted molar refractivity (Wildman–Crippen MR) is 81.3 cm³/mol. The van der Waals surface area contributed by atoms with Crippen molar-refractivity contribution in [2.45, 2.75) is 13.5 Å². The van der Waals surface area contributed by atoms with Gasteiger partial charge in [-0.05, 0) is 19.1 Å². The molecule has 6 nitrogen and oxygen atoms in total. The first-order chi connectivity index (χ1) is 9.54. The van der Waals surface area contributed by atoms with Crippen LogP contribution in [0.3, 0.4) is 0 Å². The second-order valence-electron chi connectivity index (χ2n) is 4.47. The molecule has 0 aliphatic heterocycles. The van der Waals surface area contributed by atoms with Crippen molar-refractivity contribution in [2.24, 2.45) is 0 Å². The largest absolute Gasteiger partial charge is 0.363 e. The number of nitrogens with zero attached hydrogens (tertiary/aromatic N) is 3. The van der Waals surface area contributed by atoms with Crippen LogP contribution < -0.4 is 15.5 Å². The van der Waals surface area contributed by atoms with Crippen LogP contribution in [-0.4, -0.2) is 30.1 Å². The lowest BCUT2D eigenvalue weighted by Crippen LogP contribution is -2.28. The average Bonchev–Trinajstić information content (AvgIpc) is 2.83. The third-order valence-corrected chi connectivity index (χ3v) is 3.38. The van der Waals surface area contributed by atoms with Gasteiger partial charge in [-0.1, -0.05) is 0 Å². The number of nitrogens with one attached hydrogen (secondary N) is 2. The standard InChI is InChI=1S/C13H17N5OS/c1-9-16-11(8-20-9)7-15-13(19)17-10-4-5-12(14-6-10)18(2)3/h4-6,8H,7H2,1-3H3,(H2,15,17,19). The van der Waals surface area contributed by atoms with Gasteiger partial charge in [0.2, 0.25) is 0 Å². The Labute approximate surface area is 121 Å². The van der Waals surface area contributed by atoms with E-state index in [1.54, 1.807) is 17.5 Å². The van der Waals surface area contributed by atoms with Crippen LogP contribution >= 0.6 is 11.3 Å². The van der Waals surface area contributed by atoms with Crippen molar-refractivity contribution in [2.75, 3.05) is 24.3 Å². The van der Waals surface area contributed by atoms with Gasteiger partial charge < -0.3 is 15.5 Å². The van der Waals surface area contributed by atoms with Crippen LogP contribution in [0.2, 0.25) is 0 Å². The number of rotatable bonds is 4. The van der Waals surface area contributed by atoms with E-state index in [2.05, 4.69) is 20.6 Å². The zero-order chi connectivity index (χ0) is 14.5. The van der Waals surface area contributed by atoms with Crippen molar-refractivity contribution in [1.29, 1.82) is 0 Å². The minimum atomic E-state index is -0.268. The zero-order valence-electron chi connectivity index (χ0n) is 11.7. The number of carbonyl (C=O) groups is 1. The molecule has 0 fully saturated rings. The van der Waals surface area contributed by atoms with Gasteiger partial charge in [0.05, 0.1) is 29.1 Å². The monoisotopic (exact) mass is 291 g/mol. The highest BCUT2D eigenvalue weighted by Crippen LogP contribution is 2.11. The molecule has 0 aromatic carbocycles. The number of amides is 2. The smallest absolute Gasteiger partial charge is 0.319 e. The van der Waals surface area contributed by atoms with E-state index < -0.39 is 0 Å². The molecule has 0 atom stereocenters. The molecule has 0 aliphatic carbocycles. The summed E-state index contributed by atoms with van der Waals surface area (Å²) in [4.78, 5) is 22.1.